The van der Waals surface area contributed by atoms with Crippen LogP contribution < -0.4 is 10.1 Å². The Morgan fingerprint density at radius 3 is 2.57 bits per heavy atom. The molecule has 1 aromatic carbocycles. The van der Waals surface area contributed by atoms with Crippen molar-refractivity contribution >= 4 is 5.91 Å². The van der Waals surface area contributed by atoms with Gasteiger partial charge >= 0.3 is 6.36 Å². The smallest absolute Gasteiger partial charge is 0.406 e. The molecule has 2 atom stereocenters. The number of hydrogen-bond donors (Lipinski definition) is 1. The summed E-state index contributed by atoms with van der Waals surface area (Å²) >= 11 is 0. The third kappa shape index (κ3) is 4.63. The van der Waals surface area contributed by atoms with E-state index in [1.807, 2.05) is 0 Å². The molecule has 1 heterocycles. The van der Waals surface area contributed by atoms with E-state index in [9.17, 15) is 18.0 Å². The van der Waals surface area contributed by atoms with Crippen LogP contribution in [0.4, 0.5) is 13.2 Å². The van der Waals surface area contributed by atoms with Gasteiger partial charge in [-0.1, -0.05) is 12.1 Å². The second kappa shape index (κ2) is 6.34. The minimum atomic E-state index is -4.71. The zero-order valence-electron chi connectivity index (χ0n) is 11.4. The lowest BCUT2D eigenvalue weighted by atomic mass is 10.1. The maximum Gasteiger partial charge on any atom is 0.573 e. The number of amides is 1. The van der Waals surface area contributed by atoms with Crippen LogP contribution in [-0.2, 0) is 9.53 Å². The molecule has 0 unspecified atom stereocenters. The Labute approximate surface area is 120 Å². The first-order valence-electron chi connectivity index (χ1n) is 6.63. The average molecular weight is 303 g/mol. The highest BCUT2D eigenvalue weighted by molar-refractivity contribution is 5.81. The topological polar surface area (TPSA) is 47.6 Å². The highest BCUT2D eigenvalue weighted by atomic mass is 19.4. The van der Waals surface area contributed by atoms with Crippen LogP contribution in [0.2, 0.25) is 0 Å². The standard InChI is InChI=1S/C14H16F3NO3/c1-9(18-13(19)12-3-2-8-20-12)10-4-6-11(7-5-10)21-14(15,16)17/h4-7,9,12H,2-3,8H2,1H3,(H,18,19)/t9-,12+/m0/s1. The van der Waals surface area contributed by atoms with Gasteiger partial charge in [-0.15, -0.1) is 13.2 Å². The van der Waals surface area contributed by atoms with Crippen LogP contribution in [0.25, 0.3) is 0 Å². The number of benzene rings is 1. The largest absolute Gasteiger partial charge is 0.573 e. The number of alkyl halides is 3. The van der Waals surface area contributed by atoms with Gasteiger partial charge in [0.2, 0.25) is 5.91 Å². The van der Waals surface area contributed by atoms with Crippen LogP contribution >= 0.6 is 0 Å². The molecule has 1 saturated heterocycles. The molecule has 1 aromatic rings. The molecule has 0 saturated carbocycles. The number of rotatable bonds is 4. The van der Waals surface area contributed by atoms with E-state index in [0.29, 0.717) is 18.6 Å². The fourth-order valence-corrected chi connectivity index (χ4v) is 2.13. The molecule has 4 nitrogen and oxygen atoms in total. The Hall–Kier alpha value is -1.76. The molecule has 116 valence electrons. The van der Waals surface area contributed by atoms with Crippen molar-refractivity contribution in [3.63, 3.8) is 0 Å². The molecule has 1 fully saturated rings. The minimum Gasteiger partial charge on any atom is -0.406 e. The Morgan fingerprint density at radius 1 is 1.38 bits per heavy atom. The number of ether oxygens (including phenoxy) is 2. The predicted octanol–water partition coefficient (Wildman–Crippen LogP) is 2.94. The minimum absolute atomic E-state index is 0.199. The SMILES string of the molecule is C[C@H](NC(=O)[C@H]1CCCO1)c1ccc(OC(F)(F)F)cc1. The fourth-order valence-electron chi connectivity index (χ4n) is 2.13. The van der Waals surface area contributed by atoms with Crippen molar-refractivity contribution in [3.8, 4) is 5.75 Å². The van der Waals surface area contributed by atoms with E-state index in [1.54, 1.807) is 6.92 Å². The van der Waals surface area contributed by atoms with Crippen molar-refractivity contribution < 1.29 is 27.4 Å². The summed E-state index contributed by atoms with van der Waals surface area (Å²) in [7, 11) is 0. The van der Waals surface area contributed by atoms with Gasteiger partial charge in [0.1, 0.15) is 11.9 Å². The summed E-state index contributed by atoms with van der Waals surface area (Å²) in [4.78, 5) is 11.9. The Bertz CT molecular complexity index is 481. The quantitative estimate of drug-likeness (QED) is 0.930. The van der Waals surface area contributed by atoms with Gasteiger partial charge in [-0.05, 0) is 37.5 Å². The van der Waals surface area contributed by atoms with Gasteiger partial charge in [0, 0.05) is 6.61 Å². The first kappa shape index (κ1) is 15.6. The summed E-state index contributed by atoms with van der Waals surface area (Å²) < 4.78 is 45.2. The maximum absolute atomic E-state index is 12.1. The van der Waals surface area contributed by atoms with Crippen molar-refractivity contribution in [1.29, 1.82) is 0 Å². The lowest BCUT2D eigenvalue weighted by Gasteiger charge is -2.17. The lowest BCUT2D eigenvalue weighted by Crippen LogP contribution is -2.35. The lowest BCUT2D eigenvalue weighted by molar-refractivity contribution is -0.274. The zero-order chi connectivity index (χ0) is 15.5. The molecule has 1 amide bonds. The van der Waals surface area contributed by atoms with Crippen LogP contribution in [0.15, 0.2) is 24.3 Å². The molecule has 0 aromatic heterocycles. The molecule has 0 aliphatic carbocycles. The molecule has 1 N–H and O–H groups in total. The van der Waals surface area contributed by atoms with Crippen LogP contribution in [0.5, 0.6) is 5.75 Å². The summed E-state index contributed by atoms with van der Waals surface area (Å²) in [6.45, 7) is 2.34. The van der Waals surface area contributed by atoms with Gasteiger partial charge < -0.3 is 14.8 Å². The molecular formula is C14H16F3NO3. The normalized spacial score (nSPS) is 20.1. The number of carbonyl (C=O) groups is 1. The maximum atomic E-state index is 12.1. The second-order valence-corrected chi connectivity index (χ2v) is 4.85. The summed E-state index contributed by atoms with van der Waals surface area (Å²) in [5.74, 6) is -0.487. The van der Waals surface area contributed by atoms with E-state index in [2.05, 4.69) is 10.1 Å². The molecule has 0 spiro atoms. The molecule has 7 heteroatoms. The van der Waals surface area contributed by atoms with Gasteiger partial charge in [0.05, 0.1) is 6.04 Å². The molecule has 0 bridgehead atoms. The molecular weight excluding hydrogens is 287 g/mol. The zero-order valence-corrected chi connectivity index (χ0v) is 11.4. The van der Waals surface area contributed by atoms with Crippen molar-refractivity contribution in [2.24, 2.45) is 0 Å². The number of hydrogen-bond acceptors (Lipinski definition) is 3. The van der Waals surface area contributed by atoms with Crippen LogP contribution in [-0.4, -0.2) is 25.0 Å². The van der Waals surface area contributed by atoms with Crippen LogP contribution in [0, 0.1) is 0 Å². The van der Waals surface area contributed by atoms with E-state index in [4.69, 9.17) is 4.74 Å². The second-order valence-electron chi connectivity index (χ2n) is 4.85. The summed E-state index contributed by atoms with van der Waals surface area (Å²) in [6, 6.07) is 5.10. The molecule has 1 aliphatic rings. The van der Waals surface area contributed by atoms with Gasteiger partial charge in [0.25, 0.3) is 0 Å². The van der Waals surface area contributed by atoms with Crippen molar-refractivity contribution in [2.75, 3.05) is 6.61 Å². The molecule has 2 rings (SSSR count). The van der Waals surface area contributed by atoms with Crippen LogP contribution in [0.1, 0.15) is 31.4 Å². The fraction of sp³-hybridized carbons (Fsp3) is 0.500. The summed E-state index contributed by atoms with van der Waals surface area (Å²) in [5, 5.41) is 2.78. The Morgan fingerprint density at radius 2 is 2.05 bits per heavy atom. The highest BCUT2D eigenvalue weighted by Gasteiger charge is 2.31. The third-order valence-electron chi connectivity index (χ3n) is 3.19. The monoisotopic (exact) mass is 303 g/mol. The van der Waals surface area contributed by atoms with Gasteiger partial charge in [0.15, 0.2) is 0 Å². The Balaban J connectivity index is 1.93. The van der Waals surface area contributed by atoms with Crippen LogP contribution in [0.3, 0.4) is 0 Å². The van der Waals surface area contributed by atoms with Gasteiger partial charge in [-0.3, -0.25) is 4.79 Å². The van der Waals surface area contributed by atoms with Gasteiger partial charge in [-0.25, -0.2) is 0 Å². The van der Waals surface area contributed by atoms with E-state index in [1.165, 1.54) is 24.3 Å². The first-order chi connectivity index (χ1) is 9.85. The molecule has 1 aliphatic heterocycles. The number of halogens is 3. The molecule has 21 heavy (non-hydrogen) atoms. The third-order valence-corrected chi connectivity index (χ3v) is 3.19. The first-order valence-corrected chi connectivity index (χ1v) is 6.63. The van der Waals surface area contributed by atoms with Crippen molar-refractivity contribution in [2.45, 2.75) is 38.3 Å². The molecule has 0 radical (unpaired) electrons. The Kier molecular flexibility index (Phi) is 4.72. The van der Waals surface area contributed by atoms with Crippen molar-refractivity contribution in [3.05, 3.63) is 29.8 Å². The average Bonchev–Trinajstić information content (AvgIpc) is 2.91. The van der Waals surface area contributed by atoms with Gasteiger partial charge in [-0.2, -0.15) is 0 Å². The highest BCUT2D eigenvalue weighted by Crippen LogP contribution is 2.24. The summed E-state index contributed by atoms with van der Waals surface area (Å²) in [6.07, 6.45) is -3.59. The van der Waals surface area contributed by atoms with E-state index >= 15 is 0 Å². The van der Waals surface area contributed by atoms with E-state index < -0.39 is 12.5 Å². The number of carbonyl (C=O) groups excluding carboxylic acids is 1. The van der Waals surface area contributed by atoms with E-state index in [0.717, 1.165) is 6.42 Å². The number of nitrogens with one attached hydrogen (secondary N) is 1. The summed E-state index contributed by atoms with van der Waals surface area (Å²) in [5.41, 5.74) is 0.691. The van der Waals surface area contributed by atoms with E-state index in [-0.39, 0.29) is 17.7 Å². The predicted molar refractivity (Wildman–Crippen MR) is 68.7 cm³/mol. The van der Waals surface area contributed by atoms with Crippen molar-refractivity contribution in [1.82, 2.24) is 5.32 Å².